The van der Waals surface area contributed by atoms with Crippen LogP contribution in [0.3, 0.4) is 0 Å². The minimum absolute atomic E-state index is 0.495. The first-order valence-corrected chi connectivity index (χ1v) is 13.3. The molecule has 0 fully saturated rings. The third-order valence-corrected chi connectivity index (χ3v) is 6.64. The second-order valence-electron chi connectivity index (χ2n) is 5.57. The molecule has 0 aliphatic rings. The molecule has 0 saturated carbocycles. The van der Waals surface area contributed by atoms with Crippen LogP contribution in [0.1, 0.15) is 75.2 Å². The topological polar surface area (TPSA) is 44.8 Å². The Balaban J connectivity index is -0.000000822. The third kappa shape index (κ3) is 11.5. The minimum Gasteiger partial charge on any atom is -0.414 e. The van der Waals surface area contributed by atoms with E-state index in [2.05, 4.69) is 6.58 Å². The highest BCUT2D eigenvalue weighted by Crippen LogP contribution is 2.62. The average Bonchev–Trinajstić information content (AvgIpc) is 2.86. The predicted octanol–water partition coefficient (Wildman–Crippen LogP) is 9.77. The number of methoxy groups -OCH3 is 1. The van der Waals surface area contributed by atoms with E-state index in [1.807, 2.05) is 98.7 Å². The number of ether oxygens (including phenoxy) is 1. The van der Waals surface area contributed by atoms with E-state index in [9.17, 15) is 4.57 Å². The lowest BCUT2D eigenvalue weighted by Gasteiger charge is -2.36. The number of para-hydroxylation sites is 2. The first-order chi connectivity index (χ1) is 15.5. The second-order valence-corrected chi connectivity index (χ2v) is 7.75. The van der Waals surface area contributed by atoms with Crippen molar-refractivity contribution in [3.05, 3.63) is 73.3 Å². The van der Waals surface area contributed by atoms with Crippen molar-refractivity contribution >= 4 is 7.60 Å². The molecule has 0 aliphatic heterocycles. The number of hydrogen-bond donors (Lipinski definition) is 0. The molecule has 2 aromatic carbocycles. The summed E-state index contributed by atoms with van der Waals surface area (Å²) in [4.78, 5) is 0. The van der Waals surface area contributed by atoms with Crippen LogP contribution in [0, 0.1) is 0 Å². The average molecular weight is 467 g/mol. The summed E-state index contributed by atoms with van der Waals surface area (Å²) >= 11 is 0. The Morgan fingerprint density at radius 3 is 1.28 bits per heavy atom. The Morgan fingerprint density at radius 2 is 1.06 bits per heavy atom. The van der Waals surface area contributed by atoms with Crippen molar-refractivity contribution in [1.29, 1.82) is 0 Å². The fraction of sp³-hybridized carbons (Fsp3) is 0.481. The molecule has 2 aromatic rings. The molecule has 2 rings (SSSR count). The Morgan fingerprint density at radius 1 is 0.781 bits per heavy atom. The molecular formula is C27H47O4P. The van der Waals surface area contributed by atoms with E-state index in [1.165, 1.54) is 0 Å². The van der Waals surface area contributed by atoms with E-state index in [-0.39, 0.29) is 0 Å². The van der Waals surface area contributed by atoms with Gasteiger partial charge in [0.15, 0.2) is 5.34 Å². The lowest BCUT2D eigenvalue weighted by atomic mass is 10.2. The predicted molar refractivity (Wildman–Crippen MR) is 142 cm³/mol. The van der Waals surface area contributed by atoms with Gasteiger partial charge >= 0.3 is 7.60 Å². The third-order valence-electron chi connectivity index (χ3n) is 3.92. The van der Waals surface area contributed by atoms with Gasteiger partial charge in [0.25, 0.3) is 0 Å². The molecule has 32 heavy (non-hydrogen) atoms. The normalized spacial score (nSPS) is 9.56. The van der Waals surface area contributed by atoms with Crippen molar-refractivity contribution in [2.45, 2.75) is 80.5 Å². The summed E-state index contributed by atoms with van der Waals surface area (Å²) in [7, 11) is -2.08. The van der Waals surface area contributed by atoms with E-state index in [4.69, 9.17) is 13.8 Å². The van der Waals surface area contributed by atoms with E-state index >= 15 is 0 Å². The van der Waals surface area contributed by atoms with Crippen molar-refractivity contribution in [2.75, 3.05) is 7.11 Å². The molecule has 0 aromatic heterocycles. The Labute approximate surface area is 198 Å². The van der Waals surface area contributed by atoms with E-state index in [1.54, 1.807) is 37.5 Å². The van der Waals surface area contributed by atoms with Crippen LogP contribution in [-0.4, -0.2) is 12.5 Å². The molecular weight excluding hydrogens is 419 g/mol. The van der Waals surface area contributed by atoms with Crippen LogP contribution in [0.2, 0.25) is 0 Å². The lowest BCUT2D eigenvalue weighted by molar-refractivity contribution is 0.0347. The maximum absolute atomic E-state index is 13.7. The van der Waals surface area contributed by atoms with Crippen LogP contribution < -0.4 is 9.05 Å². The first kappa shape index (κ1) is 34.6. The number of benzene rings is 2. The quantitative estimate of drug-likeness (QED) is 0.287. The minimum atomic E-state index is -3.63. The maximum Gasteiger partial charge on any atom is 0.462 e. The van der Waals surface area contributed by atoms with Crippen LogP contribution in [0.25, 0.3) is 0 Å². The summed E-state index contributed by atoms with van der Waals surface area (Å²) in [5, 5.41) is -1.00. The van der Waals surface area contributed by atoms with Crippen LogP contribution in [0.4, 0.5) is 0 Å². The van der Waals surface area contributed by atoms with E-state index in [0.29, 0.717) is 24.3 Å². The lowest BCUT2D eigenvalue weighted by Crippen LogP contribution is -2.34. The van der Waals surface area contributed by atoms with Gasteiger partial charge in [0.2, 0.25) is 0 Å². The zero-order chi connectivity index (χ0) is 25.5. The largest absolute Gasteiger partial charge is 0.462 e. The van der Waals surface area contributed by atoms with Gasteiger partial charge in [-0.15, -0.1) is 6.58 Å². The second kappa shape index (κ2) is 22.2. The number of rotatable bonds is 8. The van der Waals surface area contributed by atoms with Gasteiger partial charge in [0.05, 0.1) is 0 Å². The molecule has 0 bridgehead atoms. The monoisotopic (exact) mass is 466 g/mol. The standard InChI is InChI=1S/C18H23O4P.C3H6.3C2H6/c1-4-18(5-2,20-3)23(19,21-16-12-8-6-9-13-16)22-17-14-10-7-11-15-17;1-3-2;3*1-2/h6-15H,4-5H2,1-3H3;3H,1H2,2H3;3*1-2H3. The molecule has 0 radical (unpaired) electrons. The summed E-state index contributed by atoms with van der Waals surface area (Å²) in [5.74, 6) is 0.991. The molecule has 5 heteroatoms. The van der Waals surface area contributed by atoms with Crippen LogP contribution in [0.5, 0.6) is 11.5 Å². The molecule has 0 heterocycles. The van der Waals surface area contributed by atoms with Gasteiger partial charge in [-0.2, -0.15) is 0 Å². The van der Waals surface area contributed by atoms with Gasteiger partial charge in [0, 0.05) is 7.11 Å². The van der Waals surface area contributed by atoms with Crippen molar-refractivity contribution in [3.63, 3.8) is 0 Å². The summed E-state index contributed by atoms with van der Waals surface area (Å²) in [6, 6.07) is 18.1. The van der Waals surface area contributed by atoms with Gasteiger partial charge in [-0.05, 0) is 44.0 Å². The molecule has 0 amide bonds. The number of hydrogen-bond acceptors (Lipinski definition) is 4. The molecule has 0 saturated heterocycles. The van der Waals surface area contributed by atoms with E-state index < -0.39 is 12.9 Å². The highest BCUT2D eigenvalue weighted by Gasteiger charge is 2.52. The molecule has 184 valence electrons. The summed E-state index contributed by atoms with van der Waals surface area (Å²) in [6.07, 6.45) is 2.77. The van der Waals surface area contributed by atoms with Crippen LogP contribution in [0.15, 0.2) is 73.3 Å². The van der Waals surface area contributed by atoms with Gasteiger partial charge in [-0.1, -0.05) is 97.9 Å². The van der Waals surface area contributed by atoms with Crippen LogP contribution >= 0.6 is 7.60 Å². The summed E-state index contributed by atoms with van der Waals surface area (Å²) in [6.45, 7) is 21.1. The van der Waals surface area contributed by atoms with Gasteiger partial charge in [0.1, 0.15) is 11.5 Å². The number of allylic oxidation sites excluding steroid dienone is 1. The van der Waals surface area contributed by atoms with Gasteiger partial charge in [-0.3, -0.25) is 0 Å². The Bertz CT molecular complexity index is 630. The molecule has 0 spiro atoms. The smallest absolute Gasteiger partial charge is 0.414 e. The highest BCUT2D eigenvalue weighted by molar-refractivity contribution is 7.56. The van der Waals surface area contributed by atoms with Crippen molar-refractivity contribution < 1.29 is 18.3 Å². The zero-order valence-electron chi connectivity index (χ0n) is 22.1. The molecule has 0 unspecified atom stereocenters. The maximum atomic E-state index is 13.7. The van der Waals surface area contributed by atoms with Crippen LogP contribution in [-0.2, 0) is 9.30 Å². The van der Waals surface area contributed by atoms with Crippen molar-refractivity contribution in [2.24, 2.45) is 0 Å². The van der Waals surface area contributed by atoms with Crippen molar-refractivity contribution in [3.8, 4) is 11.5 Å². The Kier molecular flexibility index (Phi) is 24.0. The fourth-order valence-electron chi connectivity index (χ4n) is 2.46. The first-order valence-electron chi connectivity index (χ1n) is 11.7. The Hall–Kier alpha value is -2.03. The zero-order valence-corrected chi connectivity index (χ0v) is 22.9. The molecule has 4 nitrogen and oxygen atoms in total. The highest BCUT2D eigenvalue weighted by atomic mass is 31.2. The molecule has 0 atom stereocenters. The fourth-order valence-corrected chi connectivity index (χ4v) is 4.63. The summed E-state index contributed by atoms with van der Waals surface area (Å²) < 4.78 is 31.0. The SMILES string of the molecule is C=CC.CC.CC.CC.CCC(CC)(OC)P(=O)(Oc1ccccc1)Oc1ccccc1. The molecule has 0 aliphatic carbocycles. The summed E-state index contributed by atoms with van der Waals surface area (Å²) in [5.41, 5.74) is 0. The van der Waals surface area contributed by atoms with Gasteiger partial charge < -0.3 is 13.8 Å². The van der Waals surface area contributed by atoms with E-state index in [0.717, 1.165) is 0 Å². The van der Waals surface area contributed by atoms with Gasteiger partial charge in [-0.25, -0.2) is 4.57 Å². The van der Waals surface area contributed by atoms with Crippen molar-refractivity contribution in [1.82, 2.24) is 0 Å². The molecule has 0 N–H and O–H groups in total.